The molecule has 0 aromatic carbocycles. The second-order valence-electron chi connectivity index (χ2n) is 5.57. The number of nitrogens with zero attached hydrogens (tertiary/aromatic N) is 1. The molecule has 0 radical (unpaired) electrons. The summed E-state index contributed by atoms with van der Waals surface area (Å²) < 4.78 is 5.66. The molecule has 1 heterocycles. The molecule has 16 heavy (non-hydrogen) atoms. The van der Waals surface area contributed by atoms with Crippen LogP contribution in [-0.2, 0) is 4.74 Å². The van der Waals surface area contributed by atoms with E-state index in [0.717, 1.165) is 31.6 Å². The maximum absolute atomic E-state index is 5.66. The van der Waals surface area contributed by atoms with E-state index in [1.54, 1.807) is 0 Å². The zero-order valence-electron chi connectivity index (χ0n) is 10.7. The van der Waals surface area contributed by atoms with Crippen LogP contribution in [0.5, 0.6) is 0 Å². The number of hydrogen-bond donors (Lipinski definition) is 1. The van der Waals surface area contributed by atoms with Crippen LogP contribution in [-0.4, -0.2) is 50.8 Å². The molecular formula is C13H26N2O. The summed E-state index contributed by atoms with van der Waals surface area (Å²) in [7, 11) is 2.21. The Bertz CT molecular complexity index is 206. The summed E-state index contributed by atoms with van der Waals surface area (Å²) in [4.78, 5) is 2.42. The van der Waals surface area contributed by atoms with E-state index in [1.807, 2.05) is 0 Å². The van der Waals surface area contributed by atoms with Crippen LogP contribution in [0, 0.1) is 11.8 Å². The first-order valence-corrected chi connectivity index (χ1v) is 6.75. The van der Waals surface area contributed by atoms with E-state index in [4.69, 9.17) is 4.74 Å². The summed E-state index contributed by atoms with van der Waals surface area (Å²) >= 11 is 0. The molecule has 2 aliphatic rings. The van der Waals surface area contributed by atoms with E-state index in [0.29, 0.717) is 6.04 Å². The van der Waals surface area contributed by atoms with Gasteiger partial charge in [-0.1, -0.05) is 0 Å². The van der Waals surface area contributed by atoms with Crippen molar-refractivity contribution in [3.05, 3.63) is 0 Å². The van der Waals surface area contributed by atoms with Crippen LogP contribution in [0.2, 0.25) is 0 Å². The zero-order chi connectivity index (χ0) is 11.4. The molecule has 0 bridgehead atoms. The van der Waals surface area contributed by atoms with Gasteiger partial charge in [0.2, 0.25) is 0 Å². The molecule has 1 aliphatic heterocycles. The normalized spacial score (nSPS) is 30.2. The van der Waals surface area contributed by atoms with Gasteiger partial charge in [-0.2, -0.15) is 0 Å². The minimum Gasteiger partial charge on any atom is -0.380 e. The number of nitrogens with one attached hydrogen (secondary N) is 1. The van der Waals surface area contributed by atoms with E-state index in [9.17, 15) is 0 Å². The van der Waals surface area contributed by atoms with Gasteiger partial charge < -0.3 is 15.0 Å². The Balaban J connectivity index is 1.51. The van der Waals surface area contributed by atoms with Crippen molar-refractivity contribution in [2.45, 2.75) is 32.2 Å². The summed E-state index contributed by atoms with van der Waals surface area (Å²) in [6, 6.07) is 0.690. The van der Waals surface area contributed by atoms with Crippen LogP contribution in [0.1, 0.15) is 26.2 Å². The zero-order valence-corrected chi connectivity index (χ0v) is 10.7. The van der Waals surface area contributed by atoms with Gasteiger partial charge in [-0.15, -0.1) is 0 Å². The lowest BCUT2D eigenvalue weighted by atomic mass is 10.0. The van der Waals surface area contributed by atoms with E-state index in [2.05, 4.69) is 24.2 Å². The van der Waals surface area contributed by atoms with Crippen molar-refractivity contribution < 1.29 is 4.74 Å². The van der Waals surface area contributed by atoms with Crippen LogP contribution in [0.25, 0.3) is 0 Å². The average Bonchev–Trinajstić information content (AvgIpc) is 3.00. The Kier molecular flexibility index (Phi) is 4.62. The molecule has 1 saturated heterocycles. The van der Waals surface area contributed by atoms with Crippen molar-refractivity contribution in [1.82, 2.24) is 10.2 Å². The molecule has 2 atom stereocenters. The van der Waals surface area contributed by atoms with Gasteiger partial charge in [0.1, 0.15) is 0 Å². The van der Waals surface area contributed by atoms with Crippen molar-refractivity contribution in [2.24, 2.45) is 11.8 Å². The minimum absolute atomic E-state index is 0.690. The fourth-order valence-electron chi connectivity index (χ4n) is 2.41. The van der Waals surface area contributed by atoms with Crippen molar-refractivity contribution in [1.29, 1.82) is 0 Å². The van der Waals surface area contributed by atoms with Gasteiger partial charge in [0.15, 0.2) is 0 Å². The van der Waals surface area contributed by atoms with Crippen LogP contribution in [0.4, 0.5) is 0 Å². The molecule has 0 amide bonds. The minimum atomic E-state index is 0.690. The summed E-state index contributed by atoms with van der Waals surface area (Å²) in [6.07, 6.45) is 4.11. The third kappa shape index (κ3) is 4.04. The van der Waals surface area contributed by atoms with Gasteiger partial charge in [-0.25, -0.2) is 0 Å². The highest BCUT2D eigenvalue weighted by molar-refractivity contribution is 4.81. The SMILES string of the molecule is CC1NCCC1CN(C)CCOCC1CC1. The summed E-state index contributed by atoms with van der Waals surface area (Å²) in [5.41, 5.74) is 0. The number of likely N-dealkylation sites (N-methyl/N-ethyl adjacent to an activating group) is 1. The molecule has 2 rings (SSSR count). The highest BCUT2D eigenvalue weighted by Gasteiger charge is 2.24. The van der Waals surface area contributed by atoms with Gasteiger partial charge >= 0.3 is 0 Å². The Morgan fingerprint density at radius 3 is 2.75 bits per heavy atom. The maximum Gasteiger partial charge on any atom is 0.0593 e. The Hall–Kier alpha value is -0.120. The highest BCUT2D eigenvalue weighted by Crippen LogP contribution is 2.28. The molecule has 1 aliphatic carbocycles. The van der Waals surface area contributed by atoms with Crippen molar-refractivity contribution >= 4 is 0 Å². The van der Waals surface area contributed by atoms with Gasteiger partial charge in [0.05, 0.1) is 6.61 Å². The lowest BCUT2D eigenvalue weighted by Crippen LogP contribution is -2.34. The Morgan fingerprint density at radius 1 is 1.31 bits per heavy atom. The van der Waals surface area contributed by atoms with E-state index in [1.165, 1.54) is 32.4 Å². The molecule has 0 spiro atoms. The van der Waals surface area contributed by atoms with Crippen LogP contribution in [0.3, 0.4) is 0 Å². The maximum atomic E-state index is 5.66. The van der Waals surface area contributed by atoms with E-state index >= 15 is 0 Å². The topological polar surface area (TPSA) is 24.5 Å². The molecule has 94 valence electrons. The van der Waals surface area contributed by atoms with Crippen LogP contribution < -0.4 is 5.32 Å². The second-order valence-corrected chi connectivity index (χ2v) is 5.57. The average molecular weight is 226 g/mol. The molecule has 0 aromatic rings. The molecule has 2 unspecified atom stereocenters. The molecular weight excluding hydrogens is 200 g/mol. The predicted molar refractivity (Wildman–Crippen MR) is 66.6 cm³/mol. The van der Waals surface area contributed by atoms with Crippen LogP contribution in [0.15, 0.2) is 0 Å². The largest absolute Gasteiger partial charge is 0.380 e. The Labute approximate surface area is 99.5 Å². The van der Waals surface area contributed by atoms with E-state index < -0.39 is 0 Å². The van der Waals surface area contributed by atoms with Gasteiger partial charge in [0.25, 0.3) is 0 Å². The first kappa shape index (κ1) is 12.3. The van der Waals surface area contributed by atoms with Gasteiger partial charge in [0, 0.05) is 25.7 Å². The molecule has 2 fully saturated rings. The smallest absolute Gasteiger partial charge is 0.0593 e. The van der Waals surface area contributed by atoms with Gasteiger partial charge in [-0.05, 0) is 51.6 Å². The van der Waals surface area contributed by atoms with E-state index in [-0.39, 0.29) is 0 Å². The Morgan fingerprint density at radius 2 is 2.12 bits per heavy atom. The third-order valence-electron chi connectivity index (χ3n) is 3.90. The van der Waals surface area contributed by atoms with Crippen molar-refractivity contribution in [3.8, 4) is 0 Å². The predicted octanol–water partition coefficient (Wildman–Crippen LogP) is 1.34. The van der Waals surface area contributed by atoms with Crippen molar-refractivity contribution in [3.63, 3.8) is 0 Å². The first-order valence-electron chi connectivity index (χ1n) is 6.75. The fraction of sp³-hybridized carbons (Fsp3) is 1.00. The summed E-state index contributed by atoms with van der Waals surface area (Å²) in [5.74, 6) is 1.72. The molecule has 1 N–H and O–H groups in total. The number of ether oxygens (including phenoxy) is 1. The summed E-state index contributed by atoms with van der Waals surface area (Å²) in [6.45, 7) is 7.68. The molecule has 1 saturated carbocycles. The standard InChI is InChI=1S/C13H26N2O/c1-11-13(5-6-14-11)9-15(2)7-8-16-10-12-3-4-12/h11-14H,3-10H2,1-2H3. The second kappa shape index (κ2) is 5.99. The number of hydrogen-bond acceptors (Lipinski definition) is 3. The van der Waals surface area contributed by atoms with Crippen molar-refractivity contribution in [2.75, 3.05) is 39.9 Å². The highest BCUT2D eigenvalue weighted by atomic mass is 16.5. The van der Waals surface area contributed by atoms with Gasteiger partial charge in [-0.3, -0.25) is 0 Å². The quantitative estimate of drug-likeness (QED) is 0.663. The third-order valence-corrected chi connectivity index (χ3v) is 3.90. The first-order chi connectivity index (χ1) is 7.75. The molecule has 3 heteroatoms. The number of rotatable bonds is 7. The van der Waals surface area contributed by atoms with Crippen LogP contribution >= 0.6 is 0 Å². The summed E-state index contributed by atoms with van der Waals surface area (Å²) in [5, 5.41) is 3.51. The lowest BCUT2D eigenvalue weighted by Gasteiger charge is -2.23. The monoisotopic (exact) mass is 226 g/mol. The fourth-order valence-corrected chi connectivity index (χ4v) is 2.41. The molecule has 3 nitrogen and oxygen atoms in total. The molecule has 0 aromatic heterocycles. The lowest BCUT2D eigenvalue weighted by molar-refractivity contribution is 0.0986.